The summed E-state index contributed by atoms with van der Waals surface area (Å²) in [6, 6.07) is 10.1. The predicted octanol–water partition coefficient (Wildman–Crippen LogP) is 3.97. The van der Waals surface area contributed by atoms with E-state index in [0.29, 0.717) is 5.56 Å². The molecule has 1 heterocycles. The quantitative estimate of drug-likeness (QED) is 0.815. The SMILES string of the molecule is CCNC(CSc1ccc(C)cc1)c1ccncc1F. The van der Waals surface area contributed by atoms with Crippen LogP contribution in [0.3, 0.4) is 0 Å². The van der Waals surface area contributed by atoms with Gasteiger partial charge in [-0.2, -0.15) is 0 Å². The number of rotatable bonds is 6. The summed E-state index contributed by atoms with van der Waals surface area (Å²) in [5, 5.41) is 3.33. The van der Waals surface area contributed by atoms with Gasteiger partial charge in [0.2, 0.25) is 0 Å². The molecule has 0 spiro atoms. The van der Waals surface area contributed by atoms with Crippen LogP contribution in [0.2, 0.25) is 0 Å². The minimum atomic E-state index is -0.247. The first kappa shape index (κ1) is 15.0. The Morgan fingerprint density at radius 1 is 1.25 bits per heavy atom. The summed E-state index contributed by atoms with van der Waals surface area (Å²) < 4.78 is 13.8. The molecule has 1 unspecified atom stereocenters. The Morgan fingerprint density at radius 2 is 2.00 bits per heavy atom. The van der Waals surface area contributed by atoms with Gasteiger partial charge in [-0.3, -0.25) is 4.98 Å². The number of aromatic nitrogens is 1. The van der Waals surface area contributed by atoms with Crippen LogP contribution in [-0.4, -0.2) is 17.3 Å². The van der Waals surface area contributed by atoms with Gasteiger partial charge in [-0.1, -0.05) is 24.6 Å². The molecule has 0 saturated heterocycles. The highest BCUT2D eigenvalue weighted by Crippen LogP contribution is 2.26. The van der Waals surface area contributed by atoms with Crippen molar-refractivity contribution < 1.29 is 4.39 Å². The zero-order chi connectivity index (χ0) is 14.4. The van der Waals surface area contributed by atoms with Gasteiger partial charge in [0.25, 0.3) is 0 Å². The average Bonchev–Trinajstić information content (AvgIpc) is 2.46. The smallest absolute Gasteiger partial charge is 0.146 e. The van der Waals surface area contributed by atoms with Crippen LogP contribution < -0.4 is 5.32 Å². The molecule has 2 nitrogen and oxygen atoms in total. The molecular formula is C16H19FN2S. The minimum absolute atomic E-state index is 0.00527. The van der Waals surface area contributed by atoms with E-state index in [1.165, 1.54) is 16.7 Å². The standard InChI is InChI=1S/C16H19FN2S/c1-3-19-16(14-8-9-18-10-15(14)17)11-20-13-6-4-12(2)5-7-13/h4-10,16,19H,3,11H2,1-2H3. The number of benzene rings is 1. The Kier molecular flexibility index (Phi) is 5.56. The molecule has 1 aromatic carbocycles. The number of hydrogen-bond acceptors (Lipinski definition) is 3. The van der Waals surface area contributed by atoms with E-state index in [1.54, 1.807) is 24.0 Å². The van der Waals surface area contributed by atoms with E-state index in [4.69, 9.17) is 0 Å². The fraction of sp³-hybridized carbons (Fsp3) is 0.312. The van der Waals surface area contributed by atoms with Gasteiger partial charge >= 0.3 is 0 Å². The lowest BCUT2D eigenvalue weighted by Gasteiger charge is -2.18. The first-order valence-corrected chi connectivity index (χ1v) is 7.71. The maximum absolute atomic E-state index is 13.8. The van der Waals surface area contributed by atoms with E-state index >= 15 is 0 Å². The normalized spacial score (nSPS) is 12.3. The molecule has 1 aromatic heterocycles. The van der Waals surface area contributed by atoms with E-state index < -0.39 is 0 Å². The fourth-order valence-corrected chi connectivity index (χ4v) is 2.97. The molecule has 0 bridgehead atoms. The van der Waals surface area contributed by atoms with Crippen LogP contribution in [0, 0.1) is 12.7 Å². The van der Waals surface area contributed by atoms with Crippen LogP contribution in [0.25, 0.3) is 0 Å². The van der Waals surface area contributed by atoms with Crippen molar-refractivity contribution >= 4 is 11.8 Å². The number of pyridine rings is 1. The average molecular weight is 290 g/mol. The monoisotopic (exact) mass is 290 g/mol. The number of aryl methyl sites for hydroxylation is 1. The molecule has 0 saturated carbocycles. The summed E-state index contributed by atoms with van der Waals surface area (Å²) >= 11 is 1.73. The highest BCUT2D eigenvalue weighted by Gasteiger charge is 2.15. The third-order valence-corrected chi connectivity index (χ3v) is 4.17. The van der Waals surface area contributed by atoms with Gasteiger partial charge < -0.3 is 5.32 Å². The summed E-state index contributed by atoms with van der Waals surface area (Å²) in [6.45, 7) is 4.91. The third kappa shape index (κ3) is 4.05. The molecule has 0 aliphatic heterocycles. The largest absolute Gasteiger partial charge is 0.309 e. The van der Waals surface area contributed by atoms with Crippen molar-refractivity contribution in [3.8, 4) is 0 Å². The summed E-state index contributed by atoms with van der Waals surface area (Å²) in [6.07, 6.45) is 2.91. The van der Waals surface area contributed by atoms with Crippen molar-refractivity contribution in [3.63, 3.8) is 0 Å². The number of hydrogen-bond donors (Lipinski definition) is 1. The van der Waals surface area contributed by atoms with Crippen LogP contribution >= 0.6 is 11.8 Å². The second kappa shape index (κ2) is 7.41. The number of nitrogens with zero attached hydrogens (tertiary/aromatic N) is 1. The van der Waals surface area contributed by atoms with Gasteiger partial charge in [-0.15, -0.1) is 11.8 Å². The molecule has 0 aliphatic carbocycles. The Balaban J connectivity index is 2.06. The summed E-state index contributed by atoms with van der Waals surface area (Å²) in [4.78, 5) is 5.01. The first-order chi connectivity index (χ1) is 9.70. The second-order valence-corrected chi connectivity index (χ2v) is 5.72. The molecule has 0 aliphatic rings. The Morgan fingerprint density at radius 3 is 2.65 bits per heavy atom. The molecule has 2 rings (SSSR count). The van der Waals surface area contributed by atoms with E-state index in [1.807, 2.05) is 6.92 Å². The van der Waals surface area contributed by atoms with E-state index in [2.05, 4.69) is 41.5 Å². The lowest BCUT2D eigenvalue weighted by atomic mass is 10.1. The Labute approximate surface area is 123 Å². The van der Waals surface area contributed by atoms with Crippen LogP contribution in [-0.2, 0) is 0 Å². The molecule has 106 valence electrons. The van der Waals surface area contributed by atoms with Gasteiger partial charge in [-0.25, -0.2) is 4.39 Å². The molecular weight excluding hydrogens is 271 g/mol. The molecule has 1 N–H and O–H groups in total. The lowest BCUT2D eigenvalue weighted by Crippen LogP contribution is -2.24. The molecule has 1 atom stereocenters. The number of thioether (sulfide) groups is 1. The molecule has 4 heteroatoms. The molecule has 20 heavy (non-hydrogen) atoms. The first-order valence-electron chi connectivity index (χ1n) is 6.73. The molecule has 0 amide bonds. The number of halogens is 1. The van der Waals surface area contributed by atoms with Crippen molar-refractivity contribution in [2.24, 2.45) is 0 Å². The van der Waals surface area contributed by atoms with Gasteiger partial charge in [0.15, 0.2) is 0 Å². The molecule has 0 radical (unpaired) electrons. The maximum Gasteiger partial charge on any atom is 0.146 e. The van der Waals surface area contributed by atoms with Crippen molar-refractivity contribution in [2.45, 2.75) is 24.8 Å². The second-order valence-electron chi connectivity index (χ2n) is 4.63. The van der Waals surface area contributed by atoms with Crippen LogP contribution in [0.5, 0.6) is 0 Å². The minimum Gasteiger partial charge on any atom is -0.309 e. The number of nitrogens with one attached hydrogen (secondary N) is 1. The van der Waals surface area contributed by atoms with Gasteiger partial charge in [-0.05, 0) is 31.7 Å². The van der Waals surface area contributed by atoms with Crippen LogP contribution in [0.4, 0.5) is 4.39 Å². The Bertz CT molecular complexity index is 542. The summed E-state index contributed by atoms with van der Waals surface area (Å²) in [5.41, 5.74) is 1.93. The Hall–Kier alpha value is -1.39. The van der Waals surface area contributed by atoms with Crippen LogP contribution in [0.1, 0.15) is 24.1 Å². The fourth-order valence-electron chi connectivity index (χ4n) is 1.99. The van der Waals surface area contributed by atoms with Gasteiger partial charge in [0.05, 0.1) is 6.20 Å². The summed E-state index contributed by atoms with van der Waals surface area (Å²) in [5.74, 6) is 0.542. The third-order valence-electron chi connectivity index (χ3n) is 3.07. The lowest BCUT2D eigenvalue weighted by molar-refractivity contribution is 0.541. The summed E-state index contributed by atoms with van der Waals surface area (Å²) in [7, 11) is 0. The van der Waals surface area contributed by atoms with Crippen LogP contribution in [0.15, 0.2) is 47.6 Å². The highest BCUT2D eigenvalue weighted by atomic mass is 32.2. The van der Waals surface area contributed by atoms with E-state index in [9.17, 15) is 4.39 Å². The predicted molar refractivity (Wildman–Crippen MR) is 82.5 cm³/mol. The maximum atomic E-state index is 13.8. The topological polar surface area (TPSA) is 24.9 Å². The van der Waals surface area contributed by atoms with E-state index in [-0.39, 0.29) is 11.9 Å². The van der Waals surface area contributed by atoms with Crippen molar-refractivity contribution in [3.05, 3.63) is 59.7 Å². The molecule has 0 fully saturated rings. The molecule has 2 aromatic rings. The van der Waals surface area contributed by atoms with E-state index in [0.717, 1.165) is 12.3 Å². The van der Waals surface area contributed by atoms with Crippen molar-refractivity contribution in [2.75, 3.05) is 12.3 Å². The van der Waals surface area contributed by atoms with Crippen molar-refractivity contribution in [1.29, 1.82) is 0 Å². The van der Waals surface area contributed by atoms with Gasteiger partial charge in [0, 0.05) is 28.5 Å². The van der Waals surface area contributed by atoms with Gasteiger partial charge in [0.1, 0.15) is 5.82 Å². The zero-order valence-corrected chi connectivity index (χ0v) is 12.6. The highest BCUT2D eigenvalue weighted by molar-refractivity contribution is 7.99. The zero-order valence-electron chi connectivity index (χ0n) is 11.8. The van der Waals surface area contributed by atoms with Crippen molar-refractivity contribution in [1.82, 2.24) is 10.3 Å².